The Bertz CT molecular complexity index is 233. The fourth-order valence-corrected chi connectivity index (χ4v) is 0.749. The van der Waals surface area contributed by atoms with Gasteiger partial charge in [-0.15, -0.1) is 0 Å². The van der Waals surface area contributed by atoms with Crippen LogP contribution in [0.25, 0.3) is 0 Å². The van der Waals surface area contributed by atoms with E-state index in [1.165, 1.54) is 18.4 Å². The Balaban J connectivity index is 3.24. The summed E-state index contributed by atoms with van der Waals surface area (Å²) in [4.78, 5) is 10.5. The van der Waals surface area contributed by atoms with Gasteiger partial charge in [-0.1, -0.05) is 0 Å². The second-order valence-corrected chi connectivity index (χ2v) is 2.07. The summed E-state index contributed by atoms with van der Waals surface area (Å²) in [7, 11) is 0.101. The number of hydrogen-bond donors (Lipinski definition) is 0. The molecule has 0 aliphatic heterocycles. The molecule has 4 heteroatoms. The highest BCUT2D eigenvalue weighted by molar-refractivity contribution is 7.21. The van der Waals surface area contributed by atoms with Gasteiger partial charge in [0.15, 0.2) is 5.43 Å². The first-order chi connectivity index (χ1) is 4.39. The van der Waals surface area contributed by atoms with Gasteiger partial charge in [0.25, 0.3) is 0 Å². The molecule has 1 aromatic heterocycles. The Labute approximate surface area is 52.7 Å². The Kier molecular flexibility index (Phi) is 2.16. The van der Waals surface area contributed by atoms with Crippen LogP contribution in [0, 0.1) is 0 Å². The molecule has 48 valence electrons. The molecule has 3 nitrogen and oxygen atoms in total. The van der Waals surface area contributed by atoms with Gasteiger partial charge in [-0.3, -0.25) is 13.7 Å². The molecule has 1 unspecified atom stereocenters. The molecule has 1 heterocycles. The normalized spacial score (nSPS) is 9.33. The van der Waals surface area contributed by atoms with E-state index in [-0.39, 0.29) is 13.9 Å². The quantitative estimate of drug-likeness (QED) is 0.516. The van der Waals surface area contributed by atoms with E-state index in [1.54, 1.807) is 5.80 Å². The predicted octanol–water partition coefficient (Wildman–Crippen LogP) is 1.39. The standard InChI is InChI=1S/C5H5O3P/c6-5-1-3-7-8-9-4-2-5/h1-4,9H. The van der Waals surface area contributed by atoms with Crippen molar-refractivity contribution in [2.45, 2.75) is 0 Å². The van der Waals surface area contributed by atoms with Crippen LogP contribution >= 0.6 is 8.43 Å². The smallest absolute Gasteiger partial charge is 0.182 e. The first-order valence-electron chi connectivity index (χ1n) is 2.34. The highest BCUT2D eigenvalue weighted by Gasteiger charge is 1.71. The monoisotopic (exact) mass is 144 g/mol. The summed E-state index contributed by atoms with van der Waals surface area (Å²) >= 11 is 0. The third-order valence-corrected chi connectivity index (χ3v) is 1.19. The molecule has 1 aromatic rings. The molecule has 0 saturated carbocycles. The van der Waals surface area contributed by atoms with Gasteiger partial charge in [0.1, 0.15) is 6.26 Å². The minimum absolute atomic E-state index is 0.0780. The predicted molar refractivity (Wildman–Crippen MR) is 34.4 cm³/mol. The van der Waals surface area contributed by atoms with Crippen LogP contribution in [0.1, 0.15) is 0 Å². The van der Waals surface area contributed by atoms with Gasteiger partial charge in [-0.25, -0.2) is 0 Å². The molecule has 0 aliphatic carbocycles. The van der Waals surface area contributed by atoms with Crippen molar-refractivity contribution in [2.24, 2.45) is 0 Å². The molecule has 9 heavy (non-hydrogen) atoms. The lowest BCUT2D eigenvalue weighted by Crippen LogP contribution is -1.88. The lowest BCUT2D eigenvalue weighted by atomic mass is 10.6. The maximum Gasteiger partial charge on any atom is 0.182 e. The first-order valence-corrected chi connectivity index (χ1v) is 3.33. The van der Waals surface area contributed by atoms with E-state index < -0.39 is 0 Å². The zero-order valence-electron chi connectivity index (χ0n) is 4.53. The van der Waals surface area contributed by atoms with Crippen molar-refractivity contribution in [1.29, 1.82) is 0 Å². The third-order valence-electron chi connectivity index (χ3n) is 0.700. The number of rotatable bonds is 0. The van der Waals surface area contributed by atoms with Crippen LogP contribution in [0.15, 0.2) is 37.9 Å². The summed E-state index contributed by atoms with van der Waals surface area (Å²) in [6, 6.07) is 2.73. The molecule has 0 aromatic carbocycles. The van der Waals surface area contributed by atoms with Crippen LogP contribution < -0.4 is 5.43 Å². The molecule has 0 saturated heterocycles. The maximum atomic E-state index is 10.5. The van der Waals surface area contributed by atoms with E-state index in [2.05, 4.69) is 8.93 Å². The summed E-state index contributed by atoms with van der Waals surface area (Å²) in [6.07, 6.45) is 1.22. The Hall–Kier alpha value is -0.950. The highest BCUT2D eigenvalue weighted by atomic mass is 31.1. The second-order valence-electron chi connectivity index (χ2n) is 1.34. The topological polar surface area (TPSA) is 43.4 Å². The molecule has 0 fully saturated rings. The van der Waals surface area contributed by atoms with Crippen LogP contribution in [0.5, 0.6) is 0 Å². The Morgan fingerprint density at radius 3 is 3.22 bits per heavy atom. The summed E-state index contributed by atoms with van der Waals surface area (Å²) in [5.74, 6) is 1.62. The van der Waals surface area contributed by atoms with Gasteiger partial charge in [0.05, 0.1) is 8.43 Å². The van der Waals surface area contributed by atoms with Gasteiger partial charge in [-0.05, 0) is 11.9 Å². The second kappa shape index (κ2) is 3.15. The summed E-state index contributed by atoms with van der Waals surface area (Å²) in [5.41, 5.74) is -0.0780. The molecule has 0 radical (unpaired) electrons. The molecule has 0 N–H and O–H groups in total. The fraction of sp³-hybridized carbons (Fsp3) is 0. The van der Waals surface area contributed by atoms with Gasteiger partial charge in [0.2, 0.25) is 0 Å². The van der Waals surface area contributed by atoms with E-state index in [9.17, 15) is 4.79 Å². The number of hydrogen-bond acceptors (Lipinski definition) is 3. The van der Waals surface area contributed by atoms with Crippen LogP contribution in [-0.2, 0) is 0 Å². The molecule has 1 atom stereocenters. The van der Waals surface area contributed by atoms with Crippen molar-refractivity contribution in [2.75, 3.05) is 0 Å². The van der Waals surface area contributed by atoms with Gasteiger partial charge in [-0.2, -0.15) is 0 Å². The minimum Gasteiger partial charge on any atom is -0.296 e. The van der Waals surface area contributed by atoms with E-state index in [0.717, 1.165) is 0 Å². The van der Waals surface area contributed by atoms with Crippen molar-refractivity contribution in [1.82, 2.24) is 0 Å². The van der Waals surface area contributed by atoms with Crippen molar-refractivity contribution < 1.29 is 8.93 Å². The van der Waals surface area contributed by atoms with E-state index in [4.69, 9.17) is 0 Å². The zero-order chi connectivity index (χ0) is 6.53. The fourth-order valence-electron chi connectivity index (χ4n) is 0.350. The molecule has 0 amide bonds. The molecule has 0 spiro atoms. The van der Waals surface area contributed by atoms with E-state index in [1.807, 2.05) is 0 Å². The van der Waals surface area contributed by atoms with Gasteiger partial charge >= 0.3 is 0 Å². The van der Waals surface area contributed by atoms with Crippen LogP contribution in [0.3, 0.4) is 0 Å². The van der Waals surface area contributed by atoms with Gasteiger partial charge in [0, 0.05) is 6.07 Å². The van der Waals surface area contributed by atoms with Crippen molar-refractivity contribution in [3.8, 4) is 0 Å². The van der Waals surface area contributed by atoms with Crippen LogP contribution in [0.4, 0.5) is 0 Å². The third kappa shape index (κ3) is 2.20. The lowest BCUT2D eigenvalue weighted by Gasteiger charge is -1.72. The Morgan fingerprint density at radius 1 is 1.44 bits per heavy atom. The van der Waals surface area contributed by atoms with Crippen molar-refractivity contribution >= 4 is 8.43 Å². The molecule has 0 aliphatic rings. The van der Waals surface area contributed by atoms with Gasteiger partial charge < -0.3 is 0 Å². The van der Waals surface area contributed by atoms with Crippen molar-refractivity contribution in [3.63, 3.8) is 0 Å². The minimum atomic E-state index is -0.0780. The maximum absolute atomic E-state index is 10.5. The highest BCUT2D eigenvalue weighted by Crippen LogP contribution is 1.94. The van der Waals surface area contributed by atoms with Crippen molar-refractivity contribution in [3.05, 3.63) is 34.4 Å². The van der Waals surface area contributed by atoms with E-state index in [0.29, 0.717) is 0 Å². The molecule has 1 rings (SSSR count). The zero-order valence-corrected chi connectivity index (χ0v) is 5.53. The molecule has 0 bridgehead atoms. The summed E-state index contributed by atoms with van der Waals surface area (Å²) in [5, 5.41) is 0. The van der Waals surface area contributed by atoms with Crippen LogP contribution in [-0.4, -0.2) is 0 Å². The SMILES string of the molecule is O=c1ccoo[pH]cc1. The largest absolute Gasteiger partial charge is 0.296 e. The molecular weight excluding hydrogens is 139 g/mol. The van der Waals surface area contributed by atoms with Crippen LogP contribution in [0.2, 0.25) is 0 Å². The first kappa shape index (κ1) is 6.17. The lowest BCUT2D eigenvalue weighted by molar-refractivity contribution is 0.101. The summed E-state index contributed by atoms with van der Waals surface area (Å²) in [6.45, 7) is 0. The van der Waals surface area contributed by atoms with E-state index >= 15 is 0 Å². The average Bonchev–Trinajstić information content (AvgIpc) is 1.79. The summed E-state index contributed by atoms with van der Waals surface area (Å²) < 4.78 is 8.93. The molecular formula is C5H5O3P. The Morgan fingerprint density at radius 2 is 2.33 bits per heavy atom. The average molecular weight is 144 g/mol.